The minimum atomic E-state index is -3.51. The Balaban J connectivity index is 2.10. The van der Waals surface area contributed by atoms with Gasteiger partial charge in [0.05, 0.1) is 28.7 Å². The van der Waals surface area contributed by atoms with Gasteiger partial charge in [-0.1, -0.05) is 0 Å². The summed E-state index contributed by atoms with van der Waals surface area (Å²) in [5.74, 6) is 0.263. The highest BCUT2D eigenvalue weighted by Gasteiger charge is 2.13. The third kappa shape index (κ3) is 4.65. The number of nitrogens with zero attached hydrogens (tertiary/aromatic N) is 1. The zero-order valence-electron chi connectivity index (χ0n) is 13.8. The second kappa shape index (κ2) is 8.08. The molecule has 9 nitrogen and oxygen atoms in total. The Morgan fingerprint density at radius 3 is 2.35 bits per heavy atom. The van der Waals surface area contributed by atoms with Crippen molar-refractivity contribution in [1.29, 1.82) is 0 Å². The number of benzene rings is 2. The summed E-state index contributed by atoms with van der Waals surface area (Å²) in [4.78, 5) is 10.4. The largest absolute Gasteiger partial charge is 0.494 e. The first-order chi connectivity index (χ1) is 12.3. The lowest BCUT2D eigenvalue weighted by Gasteiger charge is -2.13. The van der Waals surface area contributed by atoms with Crippen molar-refractivity contribution >= 4 is 44.4 Å². The molecule has 0 aromatic heterocycles. The van der Waals surface area contributed by atoms with Gasteiger partial charge < -0.3 is 15.4 Å². The Labute approximate surface area is 155 Å². The van der Waals surface area contributed by atoms with Crippen molar-refractivity contribution in [3.63, 3.8) is 0 Å². The summed E-state index contributed by atoms with van der Waals surface area (Å²) in [7, 11) is -0.788. The molecule has 0 aliphatic carbocycles. The van der Waals surface area contributed by atoms with Crippen molar-refractivity contribution in [2.45, 2.75) is 4.90 Å². The molecule has 138 valence electrons. The molecule has 0 fully saturated rings. The zero-order chi connectivity index (χ0) is 19.3. The van der Waals surface area contributed by atoms with Gasteiger partial charge in [-0.05, 0) is 49.6 Å². The molecule has 0 heterocycles. The Kier molecular flexibility index (Phi) is 6.08. The number of non-ortho nitro benzene ring substituents is 1. The van der Waals surface area contributed by atoms with Crippen molar-refractivity contribution in [1.82, 2.24) is 4.72 Å². The Hall–Kier alpha value is -2.76. The second-order valence-electron chi connectivity index (χ2n) is 4.95. The molecule has 2 aromatic carbocycles. The molecule has 2 aromatic rings. The molecule has 0 saturated carbocycles. The normalized spacial score (nSPS) is 10.8. The van der Waals surface area contributed by atoms with Gasteiger partial charge in [0.25, 0.3) is 5.69 Å². The minimum absolute atomic E-state index is 0.104. The van der Waals surface area contributed by atoms with Crippen LogP contribution in [0.3, 0.4) is 0 Å². The van der Waals surface area contributed by atoms with Crippen molar-refractivity contribution in [3.05, 3.63) is 52.6 Å². The lowest BCUT2D eigenvalue weighted by molar-refractivity contribution is -0.384. The molecule has 0 atom stereocenters. The molecule has 0 radical (unpaired) electrons. The van der Waals surface area contributed by atoms with E-state index in [0.29, 0.717) is 11.4 Å². The summed E-state index contributed by atoms with van der Waals surface area (Å²) in [6, 6.07) is 10.1. The van der Waals surface area contributed by atoms with E-state index in [1.165, 1.54) is 44.5 Å². The number of thiocarbonyl (C=S) groups is 1. The van der Waals surface area contributed by atoms with Gasteiger partial charge in [-0.15, -0.1) is 0 Å². The van der Waals surface area contributed by atoms with Crippen LogP contribution in [0.4, 0.5) is 17.1 Å². The molecule has 0 bridgehead atoms. The van der Waals surface area contributed by atoms with Crippen LogP contribution in [0.5, 0.6) is 5.75 Å². The molecule has 0 amide bonds. The van der Waals surface area contributed by atoms with E-state index >= 15 is 0 Å². The molecule has 0 aliphatic rings. The van der Waals surface area contributed by atoms with Crippen LogP contribution < -0.4 is 20.1 Å². The van der Waals surface area contributed by atoms with Gasteiger partial charge in [0.2, 0.25) is 10.0 Å². The van der Waals surface area contributed by atoms with Gasteiger partial charge in [-0.2, -0.15) is 0 Å². The predicted molar refractivity (Wildman–Crippen MR) is 102 cm³/mol. The van der Waals surface area contributed by atoms with Crippen LogP contribution in [0.1, 0.15) is 0 Å². The molecular weight excluding hydrogens is 380 g/mol. The Morgan fingerprint density at radius 1 is 1.15 bits per heavy atom. The first kappa shape index (κ1) is 19.6. The van der Waals surface area contributed by atoms with Crippen molar-refractivity contribution < 1.29 is 18.1 Å². The average Bonchev–Trinajstić information content (AvgIpc) is 2.62. The Morgan fingerprint density at radius 2 is 1.81 bits per heavy atom. The van der Waals surface area contributed by atoms with Gasteiger partial charge >= 0.3 is 0 Å². The Bertz CT molecular complexity index is 930. The zero-order valence-corrected chi connectivity index (χ0v) is 15.5. The summed E-state index contributed by atoms with van der Waals surface area (Å²) in [6.45, 7) is 0. The molecule has 0 saturated heterocycles. The maximum absolute atomic E-state index is 11.7. The third-order valence-electron chi connectivity index (χ3n) is 3.34. The van der Waals surface area contributed by atoms with Gasteiger partial charge in [0.1, 0.15) is 5.75 Å². The van der Waals surface area contributed by atoms with Crippen LogP contribution in [0.2, 0.25) is 0 Å². The van der Waals surface area contributed by atoms with Gasteiger partial charge in [-0.25, -0.2) is 13.1 Å². The minimum Gasteiger partial charge on any atom is -0.494 e. The summed E-state index contributed by atoms with van der Waals surface area (Å²) < 4.78 is 30.7. The van der Waals surface area contributed by atoms with Crippen molar-refractivity contribution in [3.8, 4) is 5.75 Å². The van der Waals surface area contributed by atoms with Crippen molar-refractivity contribution in [2.75, 3.05) is 24.8 Å². The van der Waals surface area contributed by atoms with Gasteiger partial charge in [0, 0.05) is 11.8 Å². The van der Waals surface area contributed by atoms with Gasteiger partial charge in [-0.3, -0.25) is 10.1 Å². The van der Waals surface area contributed by atoms with E-state index in [2.05, 4.69) is 15.4 Å². The summed E-state index contributed by atoms with van der Waals surface area (Å²) in [5, 5.41) is 16.8. The summed E-state index contributed by atoms with van der Waals surface area (Å²) >= 11 is 5.20. The number of sulfonamides is 1. The van der Waals surface area contributed by atoms with E-state index in [0.717, 1.165) is 0 Å². The molecule has 3 N–H and O–H groups in total. The molecule has 0 aliphatic heterocycles. The molecule has 0 spiro atoms. The number of nitro benzene ring substituents is 1. The molecule has 0 unspecified atom stereocenters. The topological polar surface area (TPSA) is 123 Å². The highest BCUT2D eigenvalue weighted by Crippen LogP contribution is 2.29. The van der Waals surface area contributed by atoms with E-state index in [1.807, 2.05) is 0 Å². The van der Waals surface area contributed by atoms with E-state index in [4.69, 9.17) is 17.0 Å². The lowest BCUT2D eigenvalue weighted by atomic mass is 10.2. The first-order valence-electron chi connectivity index (χ1n) is 7.21. The number of ether oxygens (including phenoxy) is 1. The molecular formula is C15H16N4O5S2. The standard InChI is InChI=1S/C15H16N4O5S2/c1-16-26(22,23)12-6-3-10(4-7-12)17-15(25)18-13-8-5-11(19(20)21)9-14(13)24-2/h3-9,16H,1-2H3,(H2,17,18,25). The smallest absolute Gasteiger partial charge is 0.273 e. The SMILES string of the molecule is CNS(=O)(=O)c1ccc(NC(=S)Nc2ccc([N+](=O)[O-])cc2OC)cc1. The summed E-state index contributed by atoms with van der Waals surface area (Å²) in [6.07, 6.45) is 0. The number of anilines is 2. The van der Waals surface area contributed by atoms with Crippen LogP contribution in [0.15, 0.2) is 47.4 Å². The van der Waals surface area contributed by atoms with Gasteiger partial charge in [0.15, 0.2) is 5.11 Å². The monoisotopic (exact) mass is 396 g/mol. The lowest BCUT2D eigenvalue weighted by Crippen LogP contribution is -2.20. The summed E-state index contributed by atoms with van der Waals surface area (Å²) in [5.41, 5.74) is 0.913. The fourth-order valence-corrected chi connectivity index (χ4v) is 2.97. The maximum atomic E-state index is 11.7. The van der Waals surface area contributed by atoms with Crippen LogP contribution in [-0.2, 0) is 10.0 Å². The first-order valence-corrected chi connectivity index (χ1v) is 9.10. The van der Waals surface area contributed by atoms with E-state index < -0.39 is 14.9 Å². The number of nitro groups is 1. The third-order valence-corrected chi connectivity index (χ3v) is 4.97. The molecule has 26 heavy (non-hydrogen) atoms. The average molecular weight is 396 g/mol. The van der Waals surface area contributed by atoms with E-state index in [-0.39, 0.29) is 21.4 Å². The predicted octanol–water partition coefficient (Wildman–Crippen LogP) is 2.32. The second-order valence-corrected chi connectivity index (χ2v) is 7.25. The van der Waals surface area contributed by atoms with Crippen molar-refractivity contribution in [2.24, 2.45) is 0 Å². The number of rotatable bonds is 6. The fraction of sp³-hybridized carbons (Fsp3) is 0.133. The van der Waals surface area contributed by atoms with E-state index in [9.17, 15) is 18.5 Å². The highest BCUT2D eigenvalue weighted by atomic mass is 32.2. The van der Waals surface area contributed by atoms with Crippen LogP contribution >= 0.6 is 12.2 Å². The number of hydrogen-bond acceptors (Lipinski definition) is 6. The molecule has 11 heteroatoms. The van der Waals surface area contributed by atoms with Crippen LogP contribution in [-0.4, -0.2) is 32.6 Å². The quantitative estimate of drug-likeness (QED) is 0.386. The molecule has 2 rings (SSSR count). The number of nitrogens with one attached hydrogen (secondary N) is 3. The fourth-order valence-electron chi connectivity index (χ4n) is 2.02. The maximum Gasteiger partial charge on any atom is 0.273 e. The van der Waals surface area contributed by atoms with Crippen LogP contribution in [0.25, 0.3) is 0 Å². The van der Waals surface area contributed by atoms with Crippen LogP contribution in [0, 0.1) is 10.1 Å². The highest BCUT2D eigenvalue weighted by molar-refractivity contribution is 7.89. The number of methoxy groups -OCH3 is 1. The van der Waals surface area contributed by atoms with E-state index in [1.54, 1.807) is 12.1 Å². The number of hydrogen-bond donors (Lipinski definition) is 3.